The molecule has 0 bridgehead atoms. The minimum atomic E-state index is -0.384. The minimum Gasteiger partial charge on any atom is -0.311 e. The lowest BCUT2D eigenvalue weighted by molar-refractivity contribution is -0.384. The second kappa shape index (κ2) is 8.46. The molecule has 1 aromatic rings. The maximum Gasteiger partial charge on any atom is 0.270 e. The zero-order chi connectivity index (χ0) is 16.0. The third-order valence-corrected chi connectivity index (χ3v) is 4.17. The van der Waals surface area contributed by atoms with Crippen LogP contribution in [0.2, 0.25) is 0 Å². The molecule has 0 amide bonds. The molecule has 6 heteroatoms. The van der Waals surface area contributed by atoms with E-state index in [-0.39, 0.29) is 10.6 Å². The van der Waals surface area contributed by atoms with Crippen molar-refractivity contribution in [2.45, 2.75) is 46.3 Å². The summed E-state index contributed by atoms with van der Waals surface area (Å²) in [5.74, 6) is 0. The summed E-state index contributed by atoms with van der Waals surface area (Å²) in [5, 5.41) is 14.1. The van der Waals surface area contributed by atoms with Crippen LogP contribution in [0.15, 0.2) is 22.7 Å². The van der Waals surface area contributed by atoms with Gasteiger partial charge in [-0.3, -0.25) is 15.0 Å². The second-order valence-corrected chi connectivity index (χ2v) is 6.49. The SMILES string of the molecule is CC(C)N(CCNCc1ccc([N+](=O)[O-])cc1Br)C(C)C. The Hall–Kier alpha value is -0.980. The molecule has 0 saturated carbocycles. The summed E-state index contributed by atoms with van der Waals surface area (Å²) in [7, 11) is 0. The normalized spacial score (nSPS) is 11.6. The van der Waals surface area contributed by atoms with Crippen molar-refractivity contribution in [3.8, 4) is 0 Å². The van der Waals surface area contributed by atoms with Crippen LogP contribution in [-0.2, 0) is 6.54 Å². The summed E-state index contributed by atoms with van der Waals surface area (Å²) in [6.07, 6.45) is 0. The van der Waals surface area contributed by atoms with Gasteiger partial charge in [-0.1, -0.05) is 15.9 Å². The quantitative estimate of drug-likeness (QED) is 0.439. The zero-order valence-corrected chi connectivity index (χ0v) is 14.7. The first-order valence-corrected chi connectivity index (χ1v) is 8.01. The highest BCUT2D eigenvalue weighted by molar-refractivity contribution is 9.10. The molecule has 21 heavy (non-hydrogen) atoms. The molecule has 0 unspecified atom stereocenters. The van der Waals surface area contributed by atoms with E-state index in [0.717, 1.165) is 23.1 Å². The molecule has 0 fully saturated rings. The minimum absolute atomic E-state index is 0.108. The Balaban J connectivity index is 2.47. The van der Waals surface area contributed by atoms with E-state index < -0.39 is 0 Å². The average Bonchev–Trinajstić information content (AvgIpc) is 2.38. The molecule has 0 radical (unpaired) electrons. The topological polar surface area (TPSA) is 58.4 Å². The van der Waals surface area contributed by atoms with Gasteiger partial charge in [-0.25, -0.2) is 0 Å². The number of halogens is 1. The van der Waals surface area contributed by atoms with Crippen LogP contribution < -0.4 is 5.32 Å². The number of nitro benzene ring substituents is 1. The summed E-state index contributed by atoms with van der Waals surface area (Å²) in [6.45, 7) is 11.4. The van der Waals surface area contributed by atoms with E-state index in [0.29, 0.717) is 18.6 Å². The number of nitrogens with zero attached hydrogens (tertiary/aromatic N) is 2. The second-order valence-electron chi connectivity index (χ2n) is 5.63. The van der Waals surface area contributed by atoms with Gasteiger partial charge in [0.1, 0.15) is 0 Å². The molecule has 0 aliphatic heterocycles. The number of hydrogen-bond donors (Lipinski definition) is 1. The summed E-state index contributed by atoms with van der Waals surface area (Å²) >= 11 is 3.39. The van der Waals surface area contributed by atoms with Crippen molar-refractivity contribution in [3.05, 3.63) is 38.3 Å². The van der Waals surface area contributed by atoms with Gasteiger partial charge in [0.25, 0.3) is 5.69 Å². The maximum atomic E-state index is 10.7. The summed E-state index contributed by atoms with van der Waals surface area (Å²) in [5.41, 5.74) is 1.14. The highest BCUT2D eigenvalue weighted by Gasteiger charge is 2.12. The Kier molecular flexibility index (Phi) is 7.28. The van der Waals surface area contributed by atoms with Gasteiger partial charge < -0.3 is 5.32 Å². The first-order valence-electron chi connectivity index (χ1n) is 7.22. The molecule has 1 aromatic carbocycles. The van der Waals surface area contributed by atoms with Crippen LogP contribution in [-0.4, -0.2) is 35.0 Å². The van der Waals surface area contributed by atoms with Crippen molar-refractivity contribution in [3.63, 3.8) is 0 Å². The smallest absolute Gasteiger partial charge is 0.270 e. The molecule has 0 aromatic heterocycles. The van der Waals surface area contributed by atoms with Gasteiger partial charge in [-0.05, 0) is 39.3 Å². The van der Waals surface area contributed by atoms with Gasteiger partial charge in [0.2, 0.25) is 0 Å². The Bertz CT molecular complexity index is 470. The largest absolute Gasteiger partial charge is 0.311 e. The molecule has 0 aliphatic rings. The molecule has 5 nitrogen and oxygen atoms in total. The van der Waals surface area contributed by atoms with E-state index in [1.54, 1.807) is 12.1 Å². The monoisotopic (exact) mass is 357 g/mol. The van der Waals surface area contributed by atoms with Crippen LogP contribution in [0, 0.1) is 10.1 Å². The summed E-state index contributed by atoms with van der Waals surface area (Å²) in [4.78, 5) is 12.7. The highest BCUT2D eigenvalue weighted by Crippen LogP contribution is 2.22. The van der Waals surface area contributed by atoms with Gasteiger partial charge >= 0.3 is 0 Å². The summed E-state index contributed by atoms with van der Waals surface area (Å²) < 4.78 is 0.772. The van der Waals surface area contributed by atoms with Gasteiger partial charge in [0.15, 0.2) is 0 Å². The molecule has 1 rings (SSSR count). The molecule has 1 N–H and O–H groups in total. The number of nitro groups is 1. The third-order valence-electron chi connectivity index (χ3n) is 3.44. The fraction of sp³-hybridized carbons (Fsp3) is 0.600. The molecule has 118 valence electrons. The Morgan fingerprint density at radius 3 is 2.38 bits per heavy atom. The van der Waals surface area contributed by atoms with E-state index in [1.807, 2.05) is 0 Å². The standard InChI is InChI=1S/C15H24BrN3O2/c1-11(2)18(12(3)4)8-7-17-10-13-5-6-14(19(20)21)9-15(13)16/h5-6,9,11-12,17H,7-8,10H2,1-4H3. The lowest BCUT2D eigenvalue weighted by Gasteiger charge is -2.30. The Morgan fingerprint density at radius 1 is 1.29 bits per heavy atom. The van der Waals surface area contributed by atoms with Crippen molar-refractivity contribution in [2.24, 2.45) is 0 Å². The van der Waals surface area contributed by atoms with E-state index in [4.69, 9.17) is 0 Å². The molecule has 0 aliphatic carbocycles. The lowest BCUT2D eigenvalue weighted by Crippen LogP contribution is -2.41. The van der Waals surface area contributed by atoms with Crippen molar-refractivity contribution >= 4 is 21.6 Å². The number of benzene rings is 1. The van der Waals surface area contributed by atoms with Crippen molar-refractivity contribution in [1.82, 2.24) is 10.2 Å². The summed E-state index contributed by atoms with van der Waals surface area (Å²) in [6, 6.07) is 5.93. The van der Waals surface area contributed by atoms with Crippen LogP contribution >= 0.6 is 15.9 Å². The Labute approximate surface area is 135 Å². The molecule has 0 atom stereocenters. The van der Waals surface area contributed by atoms with Crippen LogP contribution in [0.4, 0.5) is 5.69 Å². The predicted octanol–water partition coefficient (Wildman–Crippen LogP) is 3.57. The molecule has 0 spiro atoms. The van der Waals surface area contributed by atoms with E-state index in [9.17, 15) is 10.1 Å². The average molecular weight is 358 g/mol. The number of non-ortho nitro benzene ring substituents is 1. The number of nitrogens with one attached hydrogen (secondary N) is 1. The molecule has 0 saturated heterocycles. The molecule has 0 heterocycles. The van der Waals surface area contributed by atoms with Crippen LogP contribution in [0.5, 0.6) is 0 Å². The fourth-order valence-electron chi connectivity index (χ4n) is 2.34. The van der Waals surface area contributed by atoms with Gasteiger partial charge in [-0.2, -0.15) is 0 Å². The van der Waals surface area contributed by atoms with Gasteiger partial charge in [0.05, 0.1) is 4.92 Å². The fourth-order valence-corrected chi connectivity index (χ4v) is 2.84. The maximum absolute atomic E-state index is 10.7. The van der Waals surface area contributed by atoms with E-state index in [2.05, 4.69) is 53.8 Å². The van der Waals surface area contributed by atoms with Gasteiger partial charge in [-0.15, -0.1) is 0 Å². The highest BCUT2D eigenvalue weighted by atomic mass is 79.9. The van der Waals surface area contributed by atoms with E-state index >= 15 is 0 Å². The molecular weight excluding hydrogens is 334 g/mol. The number of rotatable bonds is 8. The predicted molar refractivity (Wildman–Crippen MR) is 89.5 cm³/mol. The zero-order valence-electron chi connectivity index (χ0n) is 13.1. The van der Waals surface area contributed by atoms with E-state index in [1.165, 1.54) is 6.07 Å². The van der Waals surface area contributed by atoms with Crippen LogP contribution in [0.3, 0.4) is 0 Å². The lowest BCUT2D eigenvalue weighted by atomic mass is 10.2. The first kappa shape index (κ1) is 18.1. The Morgan fingerprint density at radius 2 is 1.90 bits per heavy atom. The van der Waals surface area contributed by atoms with Crippen molar-refractivity contribution in [2.75, 3.05) is 13.1 Å². The van der Waals surface area contributed by atoms with Crippen molar-refractivity contribution in [1.29, 1.82) is 0 Å². The first-order chi connectivity index (χ1) is 9.82. The van der Waals surface area contributed by atoms with Crippen LogP contribution in [0.1, 0.15) is 33.3 Å². The van der Waals surface area contributed by atoms with Gasteiger partial charge in [0, 0.05) is 48.3 Å². The molecular formula is C15H24BrN3O2. The van der Waals surface area contributed by atoms with Crippen LogP contribution in [0.25, 0.3) is 0 Å². The third kappa shape index (κ3) is 5.73. The van der Waals surface area contributed by atoms with Crippen molar-refractivity contribution < 1.29 is 4.92 Å². The number of hydrogen-bond acceptors (Lipinski definition) is 4.